The summed E-state index contributed by atoms with van der Waals surface area (Å²) in [6, 6.07) is 68.1. The van der Waals surface area contributed by atoms with Gasteiger partial charge in [0.05, 0.1) is 11.4 Å². The van der Waals surface area contributed by atoms with Crippen molar-refractivity contribution < 1.29 is 4.42 Å². The lowest BCUT2D eigenvalue weighted by molar-refractivity contribution is 0.670. The van der Waals surface area contributed by atoms with E-state index in [-0.39, 0.29) is 0 Å². The highest BCUT2D eigenvalue weighted by Gasteiger charge is 2.17. The molecule has 2 aromatic heterocycles. The van der Waals surface area contributed by atoms with Crippen molar-refractivity contribution in [2.24, 2.45) is 0 Å². The Bertz CT molecular complexity index is 2950. The topological polar surface area (TPSA) is 38.9 Å². The van der Waals surface area contributed by atoms with Crippen LogP contribution in [0.1, 0.15) is 0 Å². The van der Waals surface area contributed by atoms with E-state index in [1.54, 1.807) is 0 Å². The molecule has 0 spiro atoms. The Kier molecular flexibility index (Phi) is 7.47. The fourth-order valence-corrected chi connectivity index (χ4v) is 7.39. The molecule has 248 valence electrons. The van der Waals surface area contributed by atoms with Crippen molar-refractivity contribution in [2.45, 2.75) is 0 Å². The fraction of sp³-hybridized carbons (Fsp3) is 0. The molecule has 0 bridgehead atoms. The minimum atomic E-state index is 0.685. The lowest BCUT2D eigenvalue weighted by Crippen LogP contribution is -1.97. The third-order valence-electron chi connectivity index (χ3n) is 10.1. The quantitative estimate of drug-likeness (QED) is 0.176. The smallest absolute Gasteiger partial charge is 0.160 e. The molecule has 0 amide bonds. The van der Waals surface area contributed by atoms with Gasteiger partial charge in [0.2, 0.25) is 0 Å². The van der Waals surface area contributed by atoms with Crippen LogP contribution in [0.25, 0.3) is 100.0 Å². The average Bonchev–Trinajstić information content (AvgIpc) is 3.63. The van der Waals surface area contributed by atoms with Gasteiger partial charge in [-0.2, -0.15) is 0 Å². The maximum atomic E-state index is 6.57. The number of nitrogens with zero attached hydrogens (tertiary/aromatic N) is 2. The first kappa shape index (κ1) is 30.7. The SMILES string of the molecule is c1ccc(-c2cccc(-c3cc(-c4cc(-c5ccccc5)nc(-c5ccc6ccccc6c5)n4)cc(-c4cccc5c4oc4ccccc45)c3)c2)cc1. The Labute approximate surface area is 307 Å². The van der Waals surface area contributed by atoms with Gasteiger partial charge in [-0.25, -0.2) is 9.97 Å². The number of benzene rings is 8. The van der Waals surface area contributed by atoms with Crippen molar-refractivity contribution in [3.63, 3.8) is 0 Å². The summed E-state index contributed by atoms with van der Waals surface area (Å²) < 4.78 is 6.57. The van der Waals surface area contributed by atoms with E-state index in [1.165, 1.54) is 16.5 Å². The summed E-state index contributed by atoms with van der Waals surface area (Å²) in [7, 11) is 0. The van der Waals surface area contributed by atoms with Crippen LogP contribution in [0.2, 0.25) is 0 Å². The largest absolute Gasteiger partial charge is 0.455 e. The molecular formula is C50H32N2O. The number of para-hydroxylation sites is 2. The Morgan fingerprint density at radius 3 is 1.74 bits per heavy atom. The van der Waals surface area contributed by atoms with E-state index in [4.69, 9.17) is 14.4 Å². The van der Waals surface area contributed by atoms with Crippen LogP contribution in [0.5, 0.6) is 0 Å². The predicted molar refractivity (Wildman–Crippen MR) is 219 cm³/mol. The Morgan fingerprint density at radius 2 is 0.906 bits per heavy atom. The molecule has 0 N–H and O–H groups in total. The molecule has 0 saturated heterocycles. The van der Waals surface area contributed by atoms with E-state index in [1.807, 2.05) is 18.2 Å². The van der Waals surface area contributed by atoms with E-state index in [0.717, 1.165) is 77.7 Å². The summed E-state index contributed by atoms with van der Waals surface area (Å²) in [5.41, 5.74) is 13.1. The number of rotatable bonds is 6. The molecule has 3 nitrogen and oxygen atoms in total. The molecule has 10 aromatic rings. The zero-order valence-corrected chi connectivity index (χ0v) is 28.8. The Hall–Kier alpha value is -7.10. The van der Waals surface area contributed by atoms with Gasteiger partial charge in [-0.05, 0) is 81.1 Å². The standard InChI is InChI=1S/C50H32N2O/c1-3-13-33(14-4-1)37-19-11-20-38(27-37)40-29-41(43-22-12-23-45-44-21-9-10-24-48(44)53-49(43)45)31-42(30-40)47-32-46(35-16-5-2-6-17-35)51-50(52-47)39-26-25-34-15-7-8-18-36(34)28-39/h1-32H. The van der Waals surface area contributed by atoms with Gasteiger partial charge in [-0.3, -0.25) is 0 Å². The van der Waals surface area contributed by atoms with Crippen LogP contribution >= 0.6 is 0 Å². The maximum absolute atomic E-state index is 6.57. The fourth-order valence-electron chi connectivity index (χ4n) is 7.39. The van der Waals surface area contributed by atoms with Crippen LogP contribution in [0.4, 0.5) is 0 Å². The molecule has 53 heavy (non-hydrogen) atoms. The number of fused-ring (bicyclic) bond motifs is 4. The minimum Gasteiger partial charge on any atom is -0.455 e. The van der Waals surface area contributed by atoms with Gasteiger partial charge in [-0.15, -0.1) is 0 Å². The van der Waals surface area contributed by atoms with E-state index in [0.29, 0.717) is 5.82 Å². The number of furan rings is 1. The second kappa shape index (κ2) is 12.9. The Balaban J connectivity index is 1.21. The van der Waals surface area contributed by atoms with Gasteiger partial charge in [0.1, 0.15) is 11.2 Å². The summed E-state index contributed by atoms with van der Waals surface area (Å²) in [6.07, 6.45) is 0. The first-order valence-electron chi connectivity index (χ1n) is 17.9. The van der Waals surface area contributed by atoms with Crippen molar-refractivity contribution >= 4 is 32.7 Å². The summed E-state index contributed by atoms with van der Waals surface area (Å²) in [5.74, 6) is 0.685. The Morgan fingerprint density at radius 1 is 0.321 bits per heavy atom. The molecule has 0 radical (unpaired) electrons. The maximum Gasteiger partial charge on any atom is 0.160 e. The van der Waals surface area contributed by atoms with Gasteiger partial charge in [0.15, 0.2) is 5.82 Å². The van der Waals surface area contributed by atoms with E-state index in [2.05, 4.69) is 176 Å². The highest BCUT2D eigenvalue weighted by molar-refractivity contribution is 6.10. The highest BCUT2D eigenvalue weighted by atomic mass is 16.3. The van der Waals surface area contributed by atoms with Crippen LogP contribution in [0, 0.1) is 0 Å². The van der Waals surface area contributed by atoms with E-state index in [9.17, 15) is 0 Å². The van der Waals surface area contributed by atoms with Gasteiger partial charge in [0, 0.05) is 33.0 Å². The molecule has 0 atom stereocenters. The second-order valence-corrected chi connectivity index (χ2v) is 13.4. The van der Waals surface area contributed by atoms with Crippen molar-refractivity contribution in [3.8, 4) is 67.3 Å². The van der Waals surface area contributed by atoms with Crippen LogP contribution in [-0.4, -0.2) is 9.97 Å². The predicted octanol–water partition coefficient (Wildman–Crippen LogP) is 13.5. The van der Waals surface area contributed by atoms with Crippen molar-refractivity contribution in [1.29, 1.82) is 0 Å². The van der Waals surface area contributed by atoms with E-state index >= 15 is 0 Å². The van der Waals surface area contributed by atoms with Crippen LogP contribution in [0.15, 0.2) is 199 Å². The van der Waals surface area contributed by atoms with Crippen molar-refractivity contribution in [1.82, 2.24) is 9.97 Å². The molecule has 8 aromatic carbocycles. The number of hydrogen-bond acceptors (Lipinski definition) is 3. The van der Waals surface area contributed by atoms with Crippen LogP contribution in [0.3, 0.4) is 0 Å². The van der Waals surface area contributed by atoms with Gasteiger partial charge in [0.25, 0.3) is 0 Å². The molecular weight excluding hydrogens is 645 g/mol. The molecule has 2 heterocycles. The molecule has 0 unspecified atom stereocenters. The summed E-state index contributed by atoms with van der Waals surface area (Å²) in [5, 5.41) is 4.55. The lowest BCUT2D eigenvalue weighted by atomic mass is 9.92. The van der Waals surface area contributed by atoms with Crippen LogP contribution < -0.4 is 0 Å². The third kappa shape index (κ3) is 5.75. The van der Waals surface area contributed by atoms with Crippen molar-refractivity contribution in [2.75, 3.05) is 0 Å². The van der Waals surface area contributed by atoms with Gasteiger partial charge in [-0.1, -0.05) is 152 Å². The molecule has 0 aliphatic heterocycles. The lowest BCUT2D eigenvalue weighted by Gasteiger charge is -2.14. The summed E-state index contributed by atoms with van der Waals surface area (Å²) >= 11 is 0. The zero-order valence-electron chi connectivity index (χ0n) is 28.8. The highest BCUT2D eigenvalue weighted by Crippen LogP contribution is 2.40. The molecule has 3 heteroatoms. The zero-order chi connectivity index (χ0) is 35.1. The minimum absolute atomic E-state index is 0.685. The normalized spacial score (nSPS) is 11.4. The summed E-state index contributed by atoms with van der Waals surface area (Å²) in [6.45, 7) is 0. The monoisotopic (exact) mass is 676 g/mol. The molecule has 10 rings (SSSR count). The molecule has 0 aliphatic rings. The molecule has 0 aliphatic carbocycles. The number of hydrogen-bond donors (Lipinski definition) is 0. The van der Waals surface area contributed by atoms with E-state index < -0.39 is 0 Å². The average molecular weight is 677 g/mol. The molecule has 0 saturated carbocycles. The first-order valence-corrected chi connectivity index (χ1v) is 17.9. The summed E-state index contributed by atoms with van der Waals surface area (Å²) in [4.78, 5) is 10.5. The van der Waals surface area contributed by atoms with Crippen LogP contribution in [-0.2, 0) is 0 Å². The van der Waals surface area contributed by atoms with Gasteiger partial charge < -0.3 is 4.42 Å². The first-order chi connectivity index (χ1) is 26.2. The third-order valence-corrected chi connectivity index (χ3v) is 10.1. The molecule has 0 fully saturated rings. The van der Waals surface area contributed by atoms with Crippen molar-refractivity contribution in [3.05, 3.63) is 194 Å². The second-order valence-electron chi connectivity index (χ2n) is 13.4. The van der Waals surface area contributed by atoms with Gasteiger partial charge >= 0.3 is 0 Å². The number of aromatic nitrogens is 2.